The number of aliphatic hydroxyl groups excluding tert-OH is 1. The molecule has 1 aliphatic rings. The van der Waals surface area contributed by atoms with E-state index in [2.05, 4.69) is 38.2 Å². The maximum atomic E-state index is 10.2. The molecule has 112 valence electrons. The van der Waals surface area contributed by atoms with Gasteiger partial charge in [-0.1, -0.05) is 6.07 Å². The summed E-state index contributed by atoms with van der Waals surface area (Å²) in [5, 5.41) is 13.5. The van der Waals surface area contributed by atoms with Crippen molar-refractivity contribution in [1.29, 1.82) is 0 Å². The number of hydrogen-bond acceptors (Lipinski definition) is 5. The predicted octanol–water partition coefficient (Wildman–Crippen LogP) is 1.38. The SMILES string of the molecule is CN(C)C(C)(C)CNCC(O)c1ccc2c(c1)OCO2. The number of aliphatic hydroxyl groups is 1. The lowest BCUT2D eigenvalue weighted by Gasteiger charge is -2.33. The summed E-state index contributed by atoms with van der Waals surface area (Å²) in [5.41, 5.74) is 0.888. The van der Waals surface area contributed by atoms with Crippen LogP contribution in [0.1, 0.15) is 25.5 Å². The number of rotatable bonds is 6. The van der Waals surface area contributed by atoms with Gasteiger partial charge in [-0.3, -0.25) is 0 Å². The van der Waals surface area contributed by atoms with Crippen molar-refractivity contribution in [2.24, 2.45) is 0 Å². The molecule has 1 heterocycles. The largest absolute Gasteiger partial charge is 0.454 e. The quantitative estimate of drug-likeness (QED) is 0.824. The maximum absolute atomic E-state index is 10.2. The highest BCUT2D eigenvalue weighted by Crippen LogP contribution is 2.34. The number of nitrogens with one attached hydrogen (secondary N) is 1. The molecule has 0 aliphatic carbocycles. The van der Waals surface area contributed by atoms with Gasteiger partial charge >= 0.3 is 0 Å². The summed E-state index contributed by atoms with van der Waals surface area (Å²) < 4.78 is 10.6. The van der Waals surface area contributed by atoms with Crippen molar-refractivity contribution in [2.45, 2.75) is 25.5 Å². The molecule has 2 rings (SSSR count). The fourth-order valence-corrected chi connectivity index (χ4v) is 1.91. The number of likely N-dealkylation sites (N-methyl/N-ethyl adjacent to an activating group) is 1. The van der Waals surface area contributed by atoms with E-state index in [0.717, 1.165) is 17.9 Å². The Morgan fingerprint density at radius 2 is 2.00 bits per heavy atom. The van der Waals surface area contributed by atoms with Gasteiger partial charge in [0, 0.05) is 18.6 Å². The molecule has 1 aromatic carbocycles. The van der Waals surface area contributed by atoms with Gasteiger partial charge < -0.3 is 24.8 Å². The molecule has 0 bridgehead atoms. The average Bonchev–Trinajstić information content (AvgIpc) is 2.85. The molecule has 0 amide bonds. The molecule has 0 fully saturated rings. The molecule has 0 spiro atoms. The molecule has 20 heavy (non-hydrogen) atoms. The van der Waals surface area contributed by atoms with Gasteiger partial charge in [0.25, 0.3) is 0 Å². The summed E-state index contributed by atoms with van der Waals surface area (Å²) in [6.45, 7) is 5.89. The van der Waals surface area contributed by atoms with Crippen LogP contribution in [-0.2, 0) is 0 Å². The predicted molar refractivity (Wildman–Crippen MR) is 78.2 cm³/mol. The second-order valence-electron chi connectivity index (χ2n) is 5.97. The van der Waals surface area contributed by atoms with Crippen molar-refractivity contribution in [3.63, 3.8) is 0 Å². The molecule has 5 heteroatoms. The van der Waals surface area contributed by atoms with Gasteiger partial charge in [0.2, 0.25) is 6.79 Å². The number of nitrogens with zero attached hydrogens (tertiary/aromatic N) is 1. The molecule has 1 unspecified atom stereocenters. The third-order valence-corrected chi connectivity index (χ3v) is 3.89. The monoisotopic (exact) mass is 280 g/mol. The van der Waals surface area contributed by atoms with E-state index in [-0.39, 0.29) is 12.3 Å². The van der Waals surface area contributed by atoms with Crippen molar-refractivity contribution < 1.29 is 14.6 Å². The highest BCUT2D eigenvalue weighted by Gasteiger charge is 2.21. The van der Waals surface area contributed by atoms with E-state index in [1.54, 1.807) is 0 Å². The van der Waals surface area contributed by atoms with Crippen LogP contribution in [0.3, 0.4) is 0 Å². The first-order valence-electron chi connectivity index (χ1n) is 6.86. The number of hydrogen-bond donors (Lipinski definition) is 2. The standard InChI is InChI=1S/C15H24N2O3/c1-15(2,17(3)4)9-16-8-12(18)11-5-6-13-14(7-11)20-10-19-13/h5-7,12,16,18H,8-10H2,1-4H3. The van der Waals surface area contributed by atoms with Crippen molar-refractivity contribution in [3.05, 3.63) is 23.8 Å². The van der Waals surface area contributed by atoms with E-state index in [0.29, 0.717) is 12.3 Å². The molecular weight excluding hydrogens is 256 g/mol. The minimum Gasteiger partial charge on any atom is -0.454 e. The summed E-state index contributed by atoms with van der Waals surface area (Å²) >= 11 is 0. The zero-order valence-electron chi connectivity index (χ0n) is 12.6. The highest BCUT2D eigenvalue weighted by molar-refractivity contribution is 5.45. The van der Waals surface area contributed by atoms with Crippen LogP contribution < -0.4 is 14.8 Å². The second-order valence-corrected chi connectivity index (χ2v) is 5.97. The highest BCUT2D eigenvalue weighted by atomic mass is 16.7. The van der Waals surface area contributed by atoms with E-state index in [1.165, 1.54) is 0 Å². The Hall–Kier alpha value is -1.30. The minimum atomic E-state index is -0.553. The van der Waals surface area contributed by atoms with Gasteiger partial charge in [-0.2, -0.15) is 0 Å². The van der Waals surface area contributed by atoms with Crippen LogP contribution in [0.25, 0.3) is 0 Å². The Morgan fingerprint density at radius 3 is 2.70 bits per heavy atom. The Balaban J connectivity index is 1.88. The molecule has 1 aromatic rings. The van der Waals surface area contributed by atoms with Crippen molar-refractivity contribution in [3.8, 4) is 11.5 Å². The smallest absolute Gasteiger partial charge is 0.231 e. The third-order valence-electron chi connectivity index (χ3n) is 3.89. The Labute approximate surface area is 120 Å². The molecule has 2 N–H and O–H groups in total. The van der Waals surface area contributed by atoms with E-state index in [1.807, 2.05) is 18.2 Å². The third kappa shape index (κ3) is 3.42. The first kappa shape index (κ1) is 15.1. The second kappa shape index (κ2) is 5.99. The molecule has 1 aliphatic heterocycles. The summed E-state index contributed by atoms with van der Waals surface area (Å²) in [5.74, 6) is 1.44. The van der Waals surface area contributed by atoms with Crippen LogP contribution in [0, 0.1) is 0 Å². The summed E-state index contributed by atoms with van der Waals surface area (Å²) in [7, 11) is 4.10. The lowest BCUT2D eigenvalue weighted by molar-refractivity contribution is 0.151. The molecule has 1 atom stereocenters. The maximum Gasteiger partial charge on any atom is 0.231 e. The number of ether oxygens (including phenoxy) is 2. The van der Waals surface area contributed by atoms with E-state index in [4.69, 9.17) is 9.47 Å². The Kier molecular flexibility index (Phi) is 4.52. The minimum absolute atomic E-state index is 0.0502. The molecule has 0 aromatic heterocycles. The molecular formula is C15H24N2O3. The van der Waals surface area contributed by atoms with E-state index >= 15 is 0 Å². The lowest BCUT2D eigenvalue weighted by Crippen LogP contribution is -2.47. The van der Waals surface area contributed by atoms with Crippen LogP contribution in [0.4, 0.5) is 0 Å². The summed E-state index contributed by atoms with van der Waals surface area (Å²) in [6, 6.07) is 5.55. The topological polar surface area (TPSA) is 54.0 Å². The van der Waals surface area contributed by atoms with Gasteiger partial charge in [-0.15, -0.1) is 0 Å². The van der Waals surface area contributed by atoms with Crippen molar-refractivity contribution >= 4 is 0 Å². The number of fused-ring (bicyclic) bond motifs is 1. The Morgan fingerprint density at radius 1 is 1.30 bits per heavy atom. The lowest BCUT2D eigenvalue weighted by atomic mass is 10.0. The average molecular weight is 280 g/mol. The van der Waals surface area contributed by atoms with Crippen LogP contribution in [0.2, 0.25) is 0 Å². The zero-order chi connectivity index (χ0) is 14.8. The van der Waals surface area contributed by atoms with E-state index in [9.17, 15) is 5.11 Å². The van der Waals surface area contributed by atoms with Crippen molar-refractivity contribution in [1.82, 2.24) is 10.2 Å². The van der Waals surface area contributed by atoms with Crippen LogP contribution >= 0.6 is 0 Å². The molecule has 0 saturated heterocycles. The first-order chi connectivity index (χ1) is 9.40. The normalized spacial score (nSPS) is 15.7. The molecule has 0 saturated carbocycles. The first-order valence-corrected chi connectivity index (χ1v) is 6.86. The Bertz CT molecular complexity index is 460. The van der Waals surface area contributed by atoms with Crippen LogP contribution in [0.5, 0.6) is 11.5 Å². The van der Waals surface area contributed by atoms with Gasteiger partial charge in [0.05, 0.1) is 6.10 Å². The zero-order valence-corrected chi connectivity index (χ0v) is 12.6. The van der Waals surface area contributed by atoms with E-state index < -0.39 is 6.10 Å². The van der Waals surface area contributed by atoms with Gasteiger partial charge in [0.15, 0.2) is 11.5 Å². The van der Waals surface area contributed by atoms with Crippen LogP contribution in [-0.4, -0.2) is 49.5 Å². The van der Waals surface area contributed by atoms with Gasteiger partial charge in [-0.05, 0) is 45.6 Å². The van der Waals surface area contributed by atoms with Gasteiger partial charge in [-0.25, -0.2) is 0 Å². The summed E-state index contributed by atoms with van der Waals surface area (Å²) in [4.78, 5) is 2.16. The molecule has 0 radical (unpaired) electrons. The summed E-state index contributed by atoms with van der Waals surface area (Å²) in [6.07, 6.45) is -0.553. The fourth-order valence-electron chi connectivity index (χ4n) is 1.91. The van der Waals surface area contributed by atoms with Crippen molar-refractivity contribution in [2.75, 3.05) is 34.0 Å². The number of benzene rings is 1. The van der Waals surface area contributed by atoms with Crippen LogP contribution in [0.15, 0.2) is 18.2 Å². The molecule has 5 nitrogen and oxygen atoms in total. The van der Waals surface area contributed by atoms with Gasteiger partial charge in [0.1, 0.15) is 0 Å². The fraction of sp³-hybridized carbons (Fsp3) is 0.600.